The van der Waals surface area contributed by atoms with Crippen LogP contribution in [0.3, 0.4) is 0 Å². The fourth-order valence-corrected chi connectivity index (χ4v) is 13.2. The second-order valence-corrected chi connectivity index (χ2v) is 16.6. The standard InChI is InChI=1S/C42H29NSSi/c1-4-14-30(15-5-1)43-39-22-12-10-20-35(39)36-26-24-34(29-40(36)43)45(31-16-6-2-7-17-31,32-18-8-3-9-19-32)33-25-27-42-38(28-33)37-21-11-13-23-41(37)44-42/h1-29H. The van der Waals surface area contributed by atoms with Crippen LogP contribution in [0.15, 0.2) is 176 Å². The van der Waals surface area contributed by atoms with Crippen LogP contribution >= 0.6 is 11.3 Å². The van der Waals surface area contributed by atoms with E-state index in [-0.39, 0.29) is 0 Å². The minimum Gasteiger partial charge on any atom is -0.309 e. The lowest BCUT2D eigenvalue weighted by Crippen LogP contribution is -2.74. The van der Waals surface area contributed by atoms with Crippen molar-refractivity contribution in [3.05, 3.63) is 176 Å². The summed E-state index contributed by atoms with van der Waals surface area (Å²) in [6, 6.07) is 65.5. The van der Waals surface area contributed by atoms with E-state index >= 15 is 0 Å². The van der Waals surface area contributed by atoms with E-state index in [9.17, 15) is 0 Å². The molecule has 0 aliphatic heterocycles. The second-order valence-electron chi connectivity index (χ2n) is 11.7. The lowest BCUT2D eigenvalue weighted by molar-refractivity contribution is 1.18. The summed E-state index contributed by atoms with van der Waals surface area (Å²) in [4.78, 5) is 0. The Balaban J connectivity index is 1.43. The van der Waals surface area contributed by atoms with Crippen LogP contribution in [0.2, 0.25) is 0 Å². The zero-order valence-corrected chi connectivity index (χ0v) is 26.4. The van der Waals surface area contributed by atoms with E-state index in [0.717, 1.165) is 0 Å². The number of benzene rings is 7. The van der Waals surface area contributed by atoms with Gasteiger partial charge in [0.1, 0.15) is 0 Å². The Bertz CT molecular complexity index is 2440. The van der Waals surface area contributed by atoms with Crippen molar-refractivity contribution in [1.29, 1.82) is 0 Å². The molecule has 7 aromatic carbocycles. The van der Waals surface area contributed by atoms with E-state index in [4.69, 9.17) is 0 Å². The van der Waals surface area contributed by atoms with E-state index in [1.807, 2.05) is 11.3 Å². The molecule has 0 radical (unpaired) electrons. The van der Waals surface area contributed by atoms with E-state index in [2.05, 4.69) is 180 Å². The number of hydrogen-bond donors (Lipinski definition) is 0. The molecule has 9 aromatic rings. The first-order chi connectivity index (χ1) is 22.3. The molecule has 0 unspecified atom stereocenters. The normalized spacial score (nSPS) is 12.0. The number of fused-ring (bicyclic) bond motifs is 6. The van der Waals surface area contributed by atoms with Crippen molar-refractivity contribution < 1.29 is 0 Å². The number of hydrogen-bond acceptors (Lipinski definition) is 1. The highest BCUT2D eigenvalue weighted by Gasteiger charge is 2.42. The molecular weight excluding hydrogens is 579 g/mol. The third-order valence-electron chi connectivity index (χ3n) is 9.34. The second kappa shape index (κ2) is 10.4. The topological polar surface area (TPSA) is 4.93 Å². The Morgan fingerprint density at radius 1 is 0.356 bits per heavy atom. The number of rotatable bonds is 5. The molecule has 0 spiro atoms. The molecule has 0 aliphatic rings. The Kier molecular flexibility index (Phi) is 6.08. The van der Waals surface area contributed by atoms with Gasteiger partial charge in [-0.2, -0.15) is 0 Å². The molecule has 212 valence electrons. The predicted molar refractivity (Wildman–Crippen MR) is 197 cm³/mol. The van der Waals surface area contributed by atoms with Gasteiger partial charge in [-0.1, -0.05) is 140 Å². The van der Waals surface area contributed by atoms with Gasteiger partial charge in [0.15, 0.2) is 8.07 Å². The van der Waals surface area contributed by atoms with Gasteiger partial charge in [-0.15, -0.1) is 11.3 Å². The van der Waals surface area contributed by atoms with Gasteiger partial charge in [0, 0.05) is 36.6 Å². The van der Waals surface area contributed by atoms with Crippen molar-refractivity contribution in [2.24, 2.45) is 0 Å². The van der Waals surface area contributed by atoms with Gasteiger partial charge in [0.05, 0.1) is 11.0 Å². The van der Waals surface area contributed by atoms with Gasteiger partial charge < -0.3 is 4.57 Å². The summed E-state index contributed by atoms with van der Waals surface area (Å²) in [5.41, 5.74) is 3.65. The van der Waals surface area contributed by atoms with Crippen LogP contribution in [-0.2, 0) is 0 Å². The first kappa shape index (κ1) is 26.2. The predicted octanol–water partition coefficient (Wildman–Crippen LogP) is 8.53. The van der Waals surface area contributed by atoms with Crippen LogP contribution in [-0.4, -0.2) is 12.6 Å². The average Bonchev–Trinajstić information content (AvgIpc) is 3.65. The molecule has 0 saturated carbocycles. The number of nitrogens with zero attached hydrogens (tertiary/aromatic N) is 1. The van der Waals surface area contributed by atoms with E-state index in [0.29, 0.717) is 0 Å². The zero-order valence-electron chi connectivity index (χ0n) is 24.6. The zero-order chi connectivity index (χ0) is 29.8. The van der Waals surface area contributed by atoms with Crippen LogP contribution in [0.1, 0.15) is 0 Å². The molecule has 0 amide bonds. The smallest absolute Gasteiger partial charge is 0.179 e. The summed E-state index contributed by atoms with van der Waals surface area (Å²) in [6.07, 6.45) is 0. The van der Waals surface area contributed by atoms with Crippen LogP contribution in [0.5, 0.6) is 0 Å². The van der Waals surface area contributed by atoms with Crippen molar-refractivity contribution in [1.82, 2.24) is 4.57 Å². The largest absolute Gasteiger partial charge is 0.309 e. The molecular formula is C42H29NSSi. The minimum absolute atomic E-state index is 1.18. The van der Waals surface area contributed by atoms with Crippen molar-refractivity contribution in [3.63, 3.8) is 0 Å². The fourth-order valence-electron chi connectivity index (χ4n) is 7.39. The van der Waals surface area contributed by atoms with Crippen LogP contribution in [0, 0.1) is 0 Å². The van der Waals surface area contributed by atoms with E-state index in [1.165, 1.54) is 68.4 Å². The molecule has 0 aliphatic carbocycles. The summed E-state index contributed by atoms with van der Waals surface area (Å²) in [6.45, 7) is 0. The van der Waals surface area contributed by atoms with Crippen molar-refractivity contribution >= 4 is 82.1 Å². The van der Waals surface area contributed by atoms with Gasteiger partial charge in [-0.3, -0.25) is 0 Å². The molecule has 0 atom stereocenters. The third kappa shape index (κ3) is 3.98. The lowest BCUT2D eigenvalue weighted by atomic mass is 10.1. The highest BCUT2D eigenvalue weighted by molar-refractivity contribution is 7.26. The maximum Gasteiger partial charge on any atom is 0.179 e. The summed E-state index contributed by atoms with van der Waals surface area (Å²) < 4.78 is 5.12. The molecule has 0 saturated heterocycles. The van der Waals surface area contributed by atoms with Crippen molar-refractivity contribution in [3.8, 4) is 5.69 Å². The number of aromatic nitrogens is 1. The molecule has 0 bridgehead atoms. The molecule has 1 nitrogen and oxygen atoms in total. The first-order valence-corrected chi connectivity index (χ1v) is 18.3. The highest BCUT2D eigenvalue weighted by atomic mass is 32.1. The van der Waals surface area contributed by atoms with E-state index < -0.39 is 8.07 Å². The number of thiophene rings is 1. The van der Waals surface area contributed by atoms with Crippen LogP contribution < -0.4 is 20.7 Å². The van der Waals surface area contributed by atoms with Gasteiger partial charge in [-0.05, 0) is 57.1 Å². The molecule has 9 rings (SSSR count). The summed E-state index contributed by atoms with van der Waals surface area (Å²) >= 11 is 1.88. The van der Waals surface area contributed by atoms with Gasteiger partial charge in [0.25, 0.3) is 0 Å². The number of para-hydroxylation sites is 2. The monoisotopic (exact) mass is 607 g/mol. The minimum atomic E-state index is -2.78. The first-order valence-electron chi connectivity index (χ1n) is 15.4. The summed E-state index contributed by atoms with van der Waals surface area (Å²) in [5, 5.41) is 10.8. The SMILES string of the molecule is c1ccc(-n2c3ccccc3c3ccc([Si](c4ccccc4)(c4ccccc4)c4ccc5sc6ccccc6c5c4)cc32)cc1. The maximum atomic E-state index is 2.51. The van der Waals surface area contributed by atoms with Crippen LogP contribution in [0.25, 0.3) is 47.7 Å². The average molecular weight is 608 g/mol. The summed E-state index contributed by atoms with van der Waals surface area (Å²) in [5.74, 6) is 0. The maximum absolute atomic E-state index is 2.78. The Labute approximate surface area is 267 Å². The molecule has 3 heteroatoms. The van der Waals surface area contributed by atoms with Gasteiger partial charge >= 0.3 is 0 Å². The quantitative estimate of drug-likeness (QED) is 0.137. The molecule has 0 N–H and O–H groups in total. The Morgan fingerprint density at radius 3 is 1.62 bits per heavy atom. The van der Waals surface area contributed by atoms with E-state index in [1.54, 1.807) is 0 Å². The molecule has 2 aromatic heterocycles. The Morgan fingerprint density at radius 2 is 0.889 bits per heavy atom. The van der Waals surface area contributed by atoms with Crippen molar-refractivity contribution in [2.75, 3.05) is 0 Å². The van der Waals surface area contributed by atoms with Gasteiger partial charge in [-0.25, -0.2) is 0 Å². The molecule has 2 heterocycles. The van der Waals surface area contributed by atoms with Crippen LogP contribution in [0.4, 0.5) is 0 Å². The third-order valence-corrected chi connectivity index (χ3v) is 15.2. The lowest BCUT2D eigenvalue weighted by Gasteiger charge is -2.34. The van der Waals surface area contributed by atoms with Crippen molar-refractivity contribution in [2.45, 2.75) is 0 Å². The molecule has 0 fully saturated rings. The van der Waals surface area contributed by atoms with Gasteiger partial charge in [0.2, 0.25) is 0 Å². The molecule has 45 heavy (non-hydrogen) atoms. The highest BCUT2D eigenvalue weighted by Crippen LogP contribution is 2.34. The fraction of sp³-hybridized carbons (Fsp3) is 0. The summed E-state index contributed by atoms with van der Waals surface area (Å²) in [7, 11) is -2.78. The Hall–Kier alpha value is -5.22.